The first kappa shape index (κ1) is 19.8. The van der Waals surface area contributed by atoms with E-state index in [2.05, 4.69) is 5.32 Å². The first-order valence-corrected chi connectivity index (χ1v) is 9.15. The van der Waals surface area contributed by atoms with Gasteiger partial charge in [0.25, 0.3) is 5.91 Å². The number of benzene rings is 2. The summed E-state index contributed by atoms with van der Waals surface area (Å²) in [7, 11) is 1.60. The number of carboxylic acids is 1. The van der Waals surface area contributed by atoms with Crippen molar-refractivity contribution in [2.45, 2.75) is 5.75 Å². The third-order valence-electron chi connectivity index (χ3n) is 3.33. The predicted octanol–water partition coefficient (Wildman–Crippen LogP) is 3.28. The van der Waals surface area contributed by atoms with E-state index in [4.69, 9.17) is 14.6 Å². The zero-order valence-corrected chi connectivity index (χ0v) is 15.3. The quantitative estimate of drug-likeness (QED) is 0.620. The molecule has 2 rings (SSSR count). The molecule has 0 spiro atoms. The van der Waals surface area contributed by atoms with Gasteiger partial charge in [0.05, 0.1) is 12.4 Å². The van der Waals surface area contributed by atoms with Crippen LogP contribution < -0.4 is 10.1 Å². The van der Waals surface area contributed by atoms with Crippen molar-refractivity contribution in [1.29, 1.82) is 0 Å². The molecule has 0 unspecified atom stereocenters. The second-order valence-corrected chi connectivity index (χ2v) is 6.40. The molecule has 0 bridgehead atoms. The molecule has 1 amide bonds. The number of carboxylic acid groups (broad SMARTS) is 1. The molecule has 0 aromatic heterocycles. The smallest absolute Gasteiger partial charge is 0.313 e. The first-order valence-electron chi connectivity index (χ1n) is 8.00. The van der Waals surface area contributed by atoms with Crippen LogP contribution in [0.25, 0.3) is 0 Å². The van der Waals surface area contributed by atoms with Crippen LogP contribution in [-0.2, 0) is 15.3 Å². The number of carbonyl (C=O) groups excluding carboxylic acids is 1. The highest BCUT2D eigenvalue weighted by Crippen LogP contribution is 2.19. The Labute approximate surface area is 156 Å². The molecule has 0 aliphatic heterocycles. The number of hydrogen-bond acceptors (Lipinski definition) is 5. The standard InChI is InChI=1S/C19H21NO5S/c1-24-8-9-25-17-7-3-5-15(11-17)19(23)20-16-6-2-4-14(10-16)12-26-13-18(21)22/h2-7,10-11H,8-9,12-13H2,1H3,(H,20,23)(H,21,22). The maximum Gasteiger partial charge on any atom is 0.313 e. The van der Waals surface area contributed by atoms with Gasteiger partial charge in [-0.3, -0.25) is 9.59 Å². The average molecular weight is 375 g/mol. The lowest BCUT2D eigenvalue weighted by molar-refractivity contribution is -0.133. The molecule has 138 valence electrons. The van der Waals surface area contributed by atoms with Crippen molar-refractivity contribution >= 4 is 29.3 Å². The van der Waals surface area contributed by atoms with Gasteiger partial charge in [0, 0.05) is 24.1 Å². The van der Waals surface area contributed by atoms with Gasteiger partial charge < -0.3 is 19.9 Å². The molecule has 2 aromatic carbocycles. The Morgan fingerprint density at radius 2 is 1.92 bits per heavy atom. The normalized spacial score (nSPS) is 10.3. The minimum absolute atomic E-state index is 0.0481. The van der Waals surface area contributed by atoms with Crippen LogP contribution in [0.15, 0.2) is 48.5 Å². The molecule has 0 aliphatic rings. The largest absolute Gasteiger partial charge is 0.491 e. The van der Waals surface area contributed by atoms with Crippen LogP contribution in [-0.4, -0.2) is 43.1 Å². The fourth-order valence-corrected chi connectivity index (χ4v) is 2.86. The summed E-state index contributed by atoms with van der Waals surface area (Å²) in [5.41, 5.74) is 2.10. The van der Waals surface area contributed by atoms with E-state index in [0.29, 0.717) is 36.0 Å². The number of nitrogens with one attached hydrogen (secondary N) is 1. The molecular weight excluding hydrogens is 354 g/mol. The van der Waals surface area contributed by atoms with Gasteiger partial charge in [-0.05, 0) is 35.9 Å². The molecule has 2 N–H and O–H groups in total. The van der Waals surface area contributed by atoms with Crippen molar-refractivity contribution < 1.29 is 24.2 Å². The molecule has 0 saturated heterocycles. The van der Waals surface area contributed by atoms with Crippen LogP contribution in [0.5, 0.6) is 5.75 Å². The van der Waals surface area contributed by atoms with E-state index in [-0.39, 0.29) is 11.7 Å². The van der Waals surface area contributed by atoms with Gasteiger partial charge in [0.1, 0.15) is 12.4 Å². The maximum atomic E-state index is 12.4. The Hall–Kier alpha value is -2.51. The fraction of sp³-hybridized carbons (Fsp3) is 0.263. The summed E-state index contributed by atoms with van der Waals surface area (Å²) in [6.45, 7) is 0.890. The SMILES string of the molecule is COCCOc1cccc(C(=O)Nc2cccc(CSCC(=O)O)c2)c1. The number of rotatable bonds is 10. The Bertz CT molecular complexity index is 750. The van der Waals surface area contributed by atoms with Crippen molar-refractivity contribution in [3.8, 4) is 5.75 Å². The van der Waals surface area contributed by atoms with Gasteiger partial charge in [-0.15, -0.1) is 11.8 Å². The van der Waals surface area contributed by atoms with E-state index < -0.39 is 5.97 Å². The lowest BCUT2D eigenvalue weighted by Gasteiger charge is -2.09. The maximum absolute atomic E-state index is 12.4. The highest BCUT2D eigenvalue weighted by Gasteiger charge is 2.08. The van der Waals surface area contributed by atoms with Gasteiger partial charge in [-0.2, -0.15) is 0 Å². The van der Waals surface area contributed by atoms with Crippen LogP contribution >= 0.6 is 11.8 Å². The Morgan fingerprint density at radius 1 is 1.12 bits per heavy atom. The van der Waals surface area contributed by atoms with Crippen LogP contribution in [0.3, 0.4) is 0 Å². The van der Waals surface area contributed by atoms with E-state index in [1.165, 1.54) is 11.8 Å². The number of thioether (sulfide) groups is 1. The molecule has 0 heterocycles. The predicted molar refractivity (Wildman–Crippen MR) is 102 cm³/mol. The van der Waals surface area contributed by atoms with Gasteiger partial charge >= 0.3 is 5.97 Å². The zero-order valence-electron chi connectivity index (χ0n) is 14.4. The summed E-state index contributed by atoms with van der Waals surface area (Å²) in [6.07, 6.45) is 0. The van der Waals surface area contributed by atoms with Gasteiger partial charge in [-0.25, -0.2) is 0 Å². The van der Waals surface area contributed by atoms with E-state index >= 15 is 0 Å². The van der Waals surface area contributed by atoms with Crippen molar-refractivity contribution in [2.24, 2.45) is 0 Å². The number of amides is 1. The van der Waals surface area contributed by atoms with E-state index in [9.17, 15) is 9.59 Å². The van der Waals surface area contributed by atoms with E-state index in [1.54, 1.807) is 37.4 Å². The second-order valence-electron chi connectivity index (χ2n) is 5.41. The highest BCUT2D eigenvalue weighted by atomic mass is 32.2. The van der Waals surface area contributed by atoms with E-state index in [1.807, 2.05) is 18.2 Å². The van der Waals surface area contributed by atoms with Crippen LogP contribution in [0.1, 0.15) is 15.9 Å². The highest BCUT2D eigenvalue weighted by molar-refractivity contribution is 7.99. The number of ether oxygens (including phenoxy) is 2. The van der Waals surface area contributed by atoms with Crippen molar-refractivity contribution in [3.63, 3.8) is 0 Å². The summed E-state index contributed by atoms with van der Waals surface area (Å²) in [6, 6.07) is 14.3. The summed E-state index contributed by atoms with van der Waals surface area (Å²) in [5, 5.41) is 11.5. The third kappa shape index (κ3) is 6.78. The summed E-state index contributed by atoms with van der Waals surface area (Å²) < 4.78 is 10.4. The monoisotopic (exact) mass is 375 g/mol. The number of carbonyl (C=O) groups is 2. The number of hydrogen-bond donors (Lipinski definition) is 2. The molecule has 0 atom stereocenters. The lowest BCUT2D eigenvalue weighted by atomic mass is 10.2. The van der Waals surface area contributed by atoms with Crippen LogP contribution in [0.4, 0.5) is 5.69 Å². The van der Waals surface area contributed by atoms with Crippen molar-refractivity contribution in [1.82, 2.24) is 0 Å². The topological polar surface area (TPSA) is 84.9 Å². The van der Waals surface area contributed by atoms with Gasteiger partial charge in [-0.1, -0.05) is 18.2 Å². The number of aliphatic carboxylic acids is 1. The molecule has 0 fully saturated rings. The first-order chi connectivity index (χ1) is 12.6. The minimum Gasteiger partial charge on any atom is -0.491 e. The fourth-order valence-electron chi connectivity index (χ4n) is 2.17. The van der Waals surface area contributed by atoms with Crippen LogP contribution in [0, 0.1) is 0 Å². The lowest BCUT2D eigenvalue weighted by Crippen LogP contribution is -2.12. The van der Waals surface area contributed by atoms with Crippen molar-refractivity contribution in [3.05, 3.63) is 59.7 Å². The molecule has 26 heavy (non-hydrogen) atoms. The molecule has 6 nitrogen and oxygen atoms in total. The molecule has 0 radical (unpaired) electrons. The van der Waals surface area contributed by atoms with Gasteiger partial charge in [0.15, 0.2) is 0 Å². The number of methoxy groups -OCH3 is 1. The molecular formula is C19H21NO5S. The summed E-state index contributed by atoms with van der Waals surface area (Å²) in [4.78, 5) is 23.0. The second kappa shape index (κ2) is 10.5. The Balaban J connectivity index is 1.96. The molecule has 0 saturated carbocycles. The molecule has 7 heteroatoms. The Morgan fingerprint density at radius 3 is 2.69 bits per heavy atom. The van der Waals surface area contributed by atoms with Crippen LogP contribution in [0.2, 0.25) is 0 Å². The Kier molecular flexibility index (Phi) is 7.98. The summed E-state index contributed by atoms with van der Waals surface area (Å²) in [5.74, 6) is 0.142. The molecule has 0 aliphatic carbocycles. The average Bonchev–Trinajstić information content (AvgIpc) is 2.62. The number of anilines is 1. The zero-order chi connectivity index (χ0) is 18.8. The molecule has 2 aromatic rings. The van der Waals surface area contributed by atoms with Gasteiger partial charge in [0.2, 0.25) is 0 Å². The van der Waals surface area contributed by atoms with E-state index in [0.717, 1.165) is 5.56 Å². The third-order valence-corrected chi connectivity index (χ3v) is 4.32. The summed E-state index contributed by atoms with van der Waals surface area (Å²) >= 11 is 1.31. The minimum atomic E-state index is -0.841. The van der Waals surface area contributed by atoms with Crippen molar-refractivity contribution in [2.75, 3.05) is 31.4 Å².